The summed E-state index contributed by atoms with van der Waals surface area (Å²) in [6.07, 6.45) is 4.44. The number of amides is 3. The predicted molar refractivity (Wildman–Crippen MR) is 113 cm³/mol. The quantitative estimate of drug-likeness (QED) is 0.664. The van der Waals surface area contributed by atoms with Crippen LogP contribution in [0.3, 0.4) is 0 Å². The maximum atomic E-state index is 12.0. The number of fused-ring (bicyclic) bond motifs is 1. The third kappa shape index (κ3) is 5.01. The summed E-state index contributed by atoms with van der Waals surface area (Å²) in [5, 5.41) is 4.51. The zero-order valence-electron chi connectivity index (χ0n) is 16.1. The Balaban J connectivity index is 1.21. The number of hydrogen-bond donors (Lipinski definition) is 2. The number of ether oxygens (including phenoxy) is 2. The van der Waals surface area contributed by atoms with Crippen molar-refractivity contribution in [3.63, 3.8) is 0 Å². The number of rotatable bonds is 7. The lowest BCUT2D eigenvalue weighted by molar-refractivity contribution is -0.119. The fourth-order valence-corrected chi connectivity index (χ4v) is 4.02. The van der Waals surface area contributed by atoms with Crippen LogP contribution in [-0.2, 0) is 22.4 Å². The molecule has 7 nitrogen and oxygen atoms in total. The number of carbonyl (C=O) groups is 3. The molecule has 154 valence electrons. The Kier molecular flexibility index (Phi) is 6.04. The summed E-state index contributed by atoms with van der Waals surface area (Å²) in [4.78, 5) is 34.9. The molecule has 2 aliphatic heterocycles. The molecule has 0 radical (unpaired) electrons. The van der Waals surface area contributed by atoms with E-state index in [0.717, 1.165) is 28.5 Å². The Morgan fingerprint density at radius 2 is 1.87 bits per heavy atom. The van der Waals surface area contributed by atoms with Gasteiger partial charge in [-0.25, -0.2) is 0 Å². The monoisotopic (exact) mass is 424 g/mol. The highest BCUT2D eigenvalue weighted by atomic mass is 32.2. The SMILES string of the molecule is O=C(/C=C/c1ccc2c(c1)OCO2)NCCc1ccc(CC2SC(=O)NC2=O)cc1. The van der Waals surface area contributed by atoms with Gasteiger partial charge in [0.15, 0.2) is 11.5 Å². The van der Waals surface area contributed by atoms with Crippen LogP contribution in [0.1, 0.15) is 16.7 Å². The minimum absolute atomic E-state index is 0.168. The van der Waals surface area contributed by atoms with Crippen LogP contribution in [0.2, 0.25) is 0 Å². The Labute approximate surface area is 177 Å². The second-order valence-electron chi connectivity index (χ2n) is 6.89. The van der Waals surface area contributed by atoms with Crippen molar-refractivity contribution in [3.8, 4) is 11.5 Å². The van der Waals surface area contributed by atoms with Gasteiger partial charge in [0.05, 0.1) is 5.25 Å². The first-order chi connectivity index (χ1) is 14.6. The van der Waals surface area contributed by atoms with Crippen molar-refractivity contribution in [1.82, 2.24) is 10.6 Å². The maximum absolute atomic E-state index is 12.0. The highest BCUT2D eigenvalue weighted by Crippen LogP contribution is 2.32. The molecule has 0 spiro atoms. The van der Waals surface area contributed by atoms with E-state index in [9.17, 15) is 14.4 Å². The molecular weight excluding hydrogens is 404 g/mol. The summed E-state index contributed by atoms with van der Waals surface area (Å²) >= 11 is 1.03. The van der Waals surface area contributed by atoms with E-state index in [-0.39, 0.29) is 29.1 Å². The third-order valence-electron chi connectivity index (χ3n) is 4.75. The number of benzene rings is 2. The second kappa shape index (κ2) is 9.04. The molecule has 0 saturated carbocycles. The van der Waals surface area contributed by atoms with Gasteiger partial charge in [-0.05, 0) is 47.7 Å². The lowest BCUT2D eigenvalue weighted by Gasteiger charge is -2.07. The van der Waals surface area contributed by atoms with E-state index < -0.39 is 0 Å². The number of carbonyl (C=O) groups excluding carboxylic acids is 3. The number of imide groups is 1. The number of hydrogen-bond acceptors (Lipinski definition) is 6. The highest BCUT2D eigenvalue weighted by Gasteiger charge is 2.31. The molecule has 3 amide bonds. The molecule has 0 bridgehead atoms. The summed E-state index contributed by atoms with van der Waals surface area (Å²) in [7, 11) is 0. The lowest BCUT2D eigenvalue weighted by Crippen LogP contribution is -2.25. The van der Waals surface area contributed by atoms with Gasteiger partial charge < -0.3 is 14.8 Å². The molecule has 1 unspecified atom stereocenters. The molecule has 1 atom stereocenters. The van der Waals surface area contributed by atoms with Gasteiger partial charge in [0.2, 0.25) is 18.6 Å². The Morgan fingerprint density at radius 3 is 2.63 bits per heavy atom. The first kappa shape index (κ1) is 20.0. The molecule has 0 aliphatic carbocycles. The molecule has 8 heteroatoms. The van der Waals surface area contributed by atoms with Crippen LogP contribution in [-0.4, -0.2) is 35.6 Å². The van der Waals surface area contributed by atoms with Crippen molar-refractivity contribution in [2.24, 2.45) is 0 Å². The fourth-order valence-electron chi connectivity index (χ4n) is 3.16. The van der Waals surface area contributed by atoms with E-state index in [4.69, 9.17) is 9.47 Å². The first-order valence-corrected chi connectivity index (χ1v) is 10.4. The standard InChI is InChI=1S/C22H20N2O5S/c25-20(8-6-15-5-7-17-18(11-15)29-13-28-17)23-10-9-14-1-3-16(4-2-14)12-19-21(26)24-22(27)30-19/h1-8,11,19H,9-10,12-13H2,(H,23,25)(H,24,26,27)/b8-6+. The Morgan fingerprint density at radius 1 is 1.10 bits per heavy atom. The van der Waals surface area contributed by atoms with E-state index in [0.29, 0.717) is 30.9 Å². The fraction of sp³-hybridized carbons (Fsp3) is 0.227. The first-order valence-electron chi connectivity index (χ1n) is 9.52. The van der Waals surface area contributed by atoms with Gasteiger partial charge in [0.25, 0.3) is 5.24 Å². The minimum atomic E-state index is -0.362. The smallest absolute Gasteiger partial charge is 0.286 e. The molecular formula is C22H20N2O5S. The zero-order chi connectivity index (χ0) is 20.9. The molecule has 1 fully saturated rings. The lowest BCUT2D eigenvalue weighted by atomic mass is 10.1. The number of thioether (sulfide) groups is 1. The Bertz CT molecular complexity index is 1000. The van der Waals surface area contributed by atoms with Crippen LogP contribution < -0.4 is 20.1 Å². The molecule has 0 aromatic heterocycles. The van der Waals surface area contributed by atoms with E-state index in [1.54, 1.807) is 6.08 Å². The molecule has 4 rings (SSSR count). The summed E-state index contributed by atoms with van der Waals surface area (Å²) in [6, 6.07) is 13.4. The van der Waals surface area contributed by atoms with Gasteiger partial charge in [0.1, 0.15) is 0 Å². The summed E-state index contributed by atoms with van der Waals surface area (Å²) < 4.78 is 10.6. The van der Waals surface area contributed by atoms with E-state index >= 15 is 0 Å². The molecule has 2 aromatic carbocycles. The normalized spacial score (nSPS) is 17.4. The largest absolute Gasteiger partial charge is 0.454 e. The van der Waals surface area contributed by atoms with Gasteiger partial charge in [-0.2, -0.15) is 0 Å². The molecule has 2 heterocycles. The van der Waals surface area contributed by atoms with Gasteiger partial charge in [-0.3, -0.25) is 19.7 Å². The van der Waals surface area contributed by atoms with Crippen LogP contribution >= 0.6 is 11.8 Å². The molecule has 2 N–H and O–H groups in total. The van der Waals surface area contributed by atoms with E-state index in [1.807, 2.05) is 42.5 Å². The summed E-state index contributed by atoms with van der Waals surface area (Å²) in [5.41, 5.74) is 2.94. The van der Waals surface area contributed by atoms with Crippen molar-refractivity contribution in [3.05, 3.63) is 65.2 Å². The zero-order valence-corrected chi connectivity index (χ0v) is 16.9. The summed E-state index contributed by atoms with van der Waals surface area (Å²) in [6.45, 7) is 0.734. The van der Waals surface area contributed by atoms with Crippen molar-refractivity contribution >= 4 is 34.9 Å². The maximum Gasteiger partial charge on any atom is 0.286 e. The van der Waals surface area contributed by atoms with Gasteiger partial charge >= 0.3 is 0 Å². The number of nitrogens with one attached hydrogen (secondary N) is 2. The topological polar surface area (TPSA) is 93.7 Å². The van der Waals surface area contributed by atoms with Gasteiger partial charge in [-0.1, -0.05) is 42.1 Å². The van der Waals surface area contributed by atoms with Crippen LogP contribution in [0.5, 0.6) is 11.5 Å². The van der Waals surface area contributed by atoms with Crippen LogP contribution in [0.15, 0.2) is 48.5 Å². The van der Waals surface area contributed by atoms with Crippen LogP contribution in [0.4, 0.5) is 4.79 Å². The van der Waals surface area contributed by atoms with Crippen molar-refractivity contribution in [2.45, 2.75) is 18.1 Å². The van der Waals surface area contributed by atoms with E-state index in [1.165, 1.54) is 6.08 Å². The minimum Gasteiger partial charge on any atom is -0.454 e. The van der Waals surface area contributed by atoms with Crippen molar-refractivity contribution < 1.29 is 23.9 Å². The predicted octanol–water partition coefficient (Wildman–Crippen LogP) is 2.68. The van der Waals surface area contributed by atoms with Crippen molar-refractivity contribution in [2.75, 3.05) is 13.3 Å². The molecule has 1 saturated heterocycles. The molecule has 30 heavy (non-hydrogen) atoms. The molecule has 2 aliphatic rings. The average Bonchev–Trinajstić information content (AvgIpc) is 3.33. The average molecular weight is 424 g/mol. The molecule has 2 aromatic rings. The van der Waals surface area contributed by atoms with Crippen LogP contribution in [0, 0.1) is 0 Å². The van der Waals surface area contributed by atoms with Crippen molar-refractivity contribution in [1.29, 1.82) is 0 Å². The highest BCUT2D eigenvalue weighted by molar-refractivity contribution is 8.15. The summed E-state index contributed by atoms with van der Waals surface area (Å²) in [5.74, 6) is 0.991. The second-order valence-corrected chi connectivity index (χ2v) is 8.07. The third-order valence-corrected chi connectivity index (χ3v) is 5.73. The van der Waals surface area contributed by atoms with E-state index in [2.05, 4.69) is 10.6 Å². The van der Waals surface area contributed by atoms with Crippen LogP contribution in [0.25, 0.3) is 6.08 Å². The van der Waals surface area contributed by atoms with Gasteiger partial charge in [-0.15, -0.1) is 0 Å². The van der Waals surface area contributed by atoms with Gasteiger partial charge in [0, 0.05) is 12.6 Å². The Hall–Kier alpha value is -3.26.